The Morgan fingerprint density at radius 2 is 1.79 bits per heavy atom. The lowest BCUT2D eigenvalue weighted by molar-refractivity contribution is -0.139. The average Bonchev–Trinajstić information content (AvgIpc) is 3.38. The number of ether oxygens (including phenoxy) is 1. The summed E-state index contributed by atoms with van der Waals surface area (Å²) in [5.41, 5.74) is 3.74. The van der Waals surface area contributed by atoms with Crippen LogP contribution in [0, 0.1) is 11.8 Å². The first kappa shape index (κ1) is 26.2. The average molecular weight is 519 g/mol. The SMILES string of the molecule is COC[C@@H]1Nc2ccccc2[C@H]2[C@@H]1CCN2C(=O)[C@H]1CCCC[C@H]1NC(=O)c1ccc(CNC(C)=O)cc1. The summed E-state index contributed by atoms with van der Waals surface area (Å²) >= 11 is 0. The first-order chi connectivity index (χ1) is 18.5. The maximum Gasteiger partial charge on any atom is 0.251 e. The van der Waals surface area contributed by atoms with Gasteiger partial charge in [-0.2, -0.15) is 0 Å². The van der Waals surface area contributed by atoms with Crippen LogP contribution in [0.15, 0.2) is 48.5 Å². The van der Waals surface area contributed by atoms with E-state index in [1.807, 2.05) is 24.3 Å². The monoisotopic (exact) mass is 518 g/mol. The van der Waals surface area contributed by atoms with E-state index < -0.39 is 0 Å². The van der Waals surface area contributed by atoms with Gasteiger partial charge >= 0.3 is 0 Å². The summed E-state index contributed by atoms with van der Waals surface area (Å²) < 4.78 is 5.52. The van der Waals surface area contributed by atoms with Gasteiger partial charge in [-0.25, -0.2) is 0 Å². The molecule has 1 saturated heterocycles. The van der Waals surface area contributed by atoms with E-state index in [4.69, 9.17) is 4.74 Å². The number of rotatable bonds is 7. The molecule has 38 heavy (non-hydrogen) atoms. The van der Waals surface area contributed by atoms with Crippen LogP contribution in [-0.2, 0) is 20.9 Å². The van der Waals surface area contributed by atoms with Crippen molar-refractivity contribution in [3.8, 4) is 0 Å². The molecular weight excluding hydrogens is 480 g/mol. The second-order valence-electron chi connectivity index (χ2n) is 10.8. The largest absolute Gasteiger partial charge is 0.383 e. The zero-order valence-corrected chi connectivity index (χ0v) is 22.2. The van der Waals surface area contributed by atoms with Gasteiger partial charge in [0.25, 0.3) is 5.91 Å². The van der Waals surface area contributed by atoms with Crippen molar-refractivity contribution in [2.45, 2.75) is 63.7 Å². The van der Waals surface area contributed by atoms with Gasteiger partial charge in [-0.05, 0) is 48.6 Å². The number of carbonyl (C=O) groups is 3. The highest BCUT2D eigenvalue weighted by Crippen LogP contribution is 2.47. The Hall–Kier alpha value is -3.39. The van der Waals surface area contributed by atoms with Crippen molar-refractivity contribution >= 4 is 23.4 Å². The van der Waals surface area contributed by atoms with Crippen molar-refractivity contribution in [3.05, 3.63) is 65.2 Å². The highest BCUT2D eigenvalue weighted by molar-refractivity contribution is 5.95. The van der Waals surface area contributed by atoms with E-state index in [-0.39, 0.29) is 41.8 Å². The van der Waals surface area contributed by atoms with Crippen LogP contribution >= 0.6 is 0 Å². The van der Waals surface area contributed by atoms with Gasteiger partial charge in [0.2, 0.25) is 11.8 Å². The fourth-order valence-corrected chi connectivity index (χ4v) is 6.49. The molecule has 2 aromatic carbocycles. The molecule has 1 saturated carbocycles. The molecule has 1 aliphatic carbocycles. The van der Waals surface area contributed by atoms with E-state index in [0.29, 0.717) is 24.6 Å². The number of para-hydroxylation sites is 1. The molecule has 5 rings (SSSR count). The molecule has 3 aliphatic rings. The Balaban J connectivity index is 1.31. The van der Waals surface area contributed by atoms with E-state index in [0.717, 1.165) is 49.9 Å². The Morgan fingerprint density at radius 3 is 2.55 bits per heavy atom. The molecule has 0 unspecified atom stereocenters. The van der Waals surface area contributed by atoms with Crippen LogP contribution < -0.4 is 16.0 Å². The van der Waals surface area contributed by atoms with Crippen molar-refractivity contribution in [2.24, 2.45) is 11.8 Å². The summed E-state index contributed by atoms with van der Waals surface area (Å²) in [5.74, 6) is -0.0327. The highest BCUT2D eigenvalue weighted by Gasteiger charge is 2.48. The van der Waals surface area contributed by atoms with Crippen LogP contribution in [-0.4, -0.2) is 55.0 Å². The Bertz CT molecular complexity index is 1170. The zero-order chi connectivity index (χ0) is 26.6. The number of hydrogen-bond donors (Lipinski definition) is 3. The second-order valence-corrected chi connectivity index (χ2v) is 10.8. The van der Waals surface area contributed by atoms with Gasteiger partial charge < -0.3 is 25.6 Å². The number of carbonyl (C=O) groups excluding carboxylic acids is 3. The standard InChI is InChI=1S/C30H38N4O4/c1-19(35)31-17-20-11-13-21(14-12-20)29(36)33-26-10-6-4-8-24(26)30(37)34-16-15-23-27(18-38-2)32-25-9-5-3-7-22(25)28(23)34/h3,5,7,9,11-14,23-24,26-28,32H,4,6,8,10,15-18H2,1-2H3,(H,31,35)(H,33,36)/t23-,24+,26-,27+,28+/m1/s1. The van der Waals surface area contributed by atoms with E-state index in [2.05, 4.69) is 33.0 Å². The number of fused-ring (bicyclic) bond motifs is 3. The molecule has 202 valence electrons. The molecule has 3 N–H and O–H groups in total. The Kier molecular flexibility index (Phi) is 7.98. The van der Waals surface area contributed by atoms with Crippen molar-refractivity contribution in [2.75, 3.05) is 25.6 Å². The van der Waals surface area contributed by atoms with Gasteiger partial charge in [0.1, 0.15) is 0 Å². The summed E-state index contributed by atoms with van der Waals surface area (Å²) in [5, 5.41) is 9.59. The lowest BCUT2D eigenvalue weighted by Gasteiger charge is -2.41. The van der Waals surface area contributed by atoms with Crippen molar-refractivity contribution < 1.29 is 19.1 Å². The fraction of sp³-hybridized carbons (Fsp3) is 0.500. The molecule has 8 nitrogen and oxygen atoms in total. The van der Waals surface area contributed by atoms with Crippen molar-refractivity contribution in [1.82, 2.24) is 15.5 Å². The normalized spacial score (nSPS) is 26.1. The first-order valence-corrected chi connectivity index (χ1v) is 13.8. The summed E-state index contributed by atoms with van der Waals surface area (Å²) in [4.78, 5) is 40.5. The minimum absolute atomic E-state index is 0.0227. The van der Waals surface area contributed by atoms with Gasteiger partial charge in [-0.1, -0.05) is 43.2 Å². The van der Waals surface area contributed by atoms with Gasteiger partial charge in [0.15, 0.2) is 0 Å². The molecule has 3 amide bonds. The molecule has 2 aliphatic heterocycles. The lowest BCUT2D eigenvalue weighted by atomic mass is 9.81. The predicted molar refractivity (Wildman–Crippen MR) is 145 cm³/mol. The molecule has 2 fully saturated rings. The zero-order valence-electron chi connectivity index (χ0n) is 22.2. The molecule has 5 atom stereocenters. The number of methoxy groups -OCH3 is 1. The van der Waals surface area contributed by atoms with Gasteiger partial charge in [0, 0.05) is 50.3 Å². The number of likely N-dealkylation sites (tertiary alicyclic amines) is 1. The van der Waals surface area contributed by atoms with Crippen LogP contribution in [0.1, 0.15) is 66.6 Å². The van der Waals surface area contributed by atoms with Crippen LogP contribution in [0.2, 0.25) is 0 Å². The number of nitrogens with one attached hydrogen (secondary N) is 3. The van der Waals surface area contributed by atoms with Gasteiger partial charge in [-0.15, -0.1) is 0 Å². The molecule has 0 aromatic heterocycles. The summed E-state index contributed by atoms with van der Waals surface area (Å²) in [6.45, 7) is 3.23. The van der Waals surface area contributed by atoms with Crippen LogP contribution in [0.4, 0.5) is 5.69 Å². The minimum Gasteiger partial charge on any atom is -0.383 e. The number of anilines is 1. The van der Waals surface area contributed by atoms with Gasteiger partial charge in [-0.3, -0.25) is 14.4 Å². The molecular formula is C30H38N4O4. The quantitative estimate of drug-likeness (QED) is 0.520. The van der Waals surface area contributed by atoms with Crippen LogP contribution in [0.25, 0.3) is 0 Å². The number of nitrogens with zero attached hydrogens (tertiary/aromatic N) is 1. The molecule has 8 heteroatoms. The third-order valence-electron chi connectivity index (χ3n) is 8.37. The van der Waals surface area contributed by atoms with E-state index in [1.165, 1.54) is 12.5 Å². The first-order valence-electron chi connectivity index (χ1n) is 13.8. The van der Waals surface area contributed by atoms with E-state index >= 15 is 0 Å². The third kappa shape index (κ3) is 5.41. The maximum absolute atomic E-state index is 14.1. The Morgan fingerprint density at radius 1 is 1.03 bits per heavy atom. The topological polar surface area (TPSA) is 99.8 Å². The third-order valence-corrected chi connectivity index (χ3v) is 8.37. The number of hydrogen-bond acceptors (Lipinski definition) is 5. The molecule has 0 radical (unpaired) electrons. The maximum atomic E-state index is 14.1. The fourth-order valence-electron chi connectivity index (χ4n) is 6.49. The van der Waals surface area contributed by atoms with E-state index in [1.54, 1.807) is 19.2 Å². The highest BCUT2D eigenvalue weighted by atomic mass is 16.5. The number of benzene rings is 2. The van der Waals surface area contributed by atoms with Crippen molar-refractivity contribution in [3.63, 3.8) is 0 Å². The molecule has 0 bridgehead atoms. The minimum atomic E-state index is -0.228. The van der Waals surface area contributed by atoms with Crippen molar-refractivity contribution in [1.29, 1.82) is 0 Å². The second kappa shape index (κ2) is 11.6. The molecule has 0 spiro atoms. The van der Waals surface area contributed by atoms with Crippen LogP contribution in [0.3, 0.4) is 0 Å². The Labute approximate surface area is 224 Å². The number of amides is 3. The summed E-state index contributed by atoms with van der Waals surface area (Å²) in [6.07, 6.45) is 4.51. The lowest BCUT2D eigenvalue weighted by Crippen LogP contribution is -2.50. The molecule has 2 heterocycles. The smallest absolute Gasteiger partial charge is 0.251 e. The van der Waals surface area contributed by atoms with Crippen LogP contribution in [0.5, 0.6) is 0 Å². The van der Waals surface area contributed by atoms with Gasteiger partial charge in [0.05, 0.1) is 24.6 Å². The molecule has 2 aromatic rings. The summed E-state index contributed by atoms with van der Waals surface area (Å²) in [6, 6.07) is 15.5. The predicted octanol–water partition coefficient (Wildman–Crippen LogP) is 3.64. The van der Waals surface area contributed by atoms with E-state index in [9.17, 15) is 14.4 Å². The summed E-state index contributed by atoms with van der Waals surface area (Å²) in [7, 11) is 1.72.